The van der Waals surface area contributed by atoms with Gasteiger partial charge >= 0.3 is 0 Å². The van der Waals surface area contributed by atoms with Gasteiger partial charge in [0.2, 0.25) is 0 Å². The molecular weight excluding hydrogens is 344 g/mol. The zero-order chi connectivity index (χ0) is 16.1. The van der Waals surface area contributed by atoms with Gasteiger partial charge in [0.1, 0.15) is 11.5 Å². The number of aryl methyl sites for hydroxylation is 1. The van der Waals surface area contributed by atoms with Crippen LogP contribution in [0.5, 0.6) is 0 Å². The normalized spacial score (nSPS) is 10.4. The first kappa shape index (κ1) is 16.4. The third kappa shape index (κ3) is 3.82. The number of carbonyl (C=O) groups excluding carboxylic acids is 1. The summed E-state index contributed by atoms with van der Waals surface area (Å²) in [4.78, 5) is 22.8. The zero-order valence-electron chi connectivity index (χ0n) is 12.9. The van der Waals surface area contributed by atoms with E-state index >= 15 is 0 Å². The Balaban J connectivity index is 2.13. The first-order valence-corrected chi connectivity index (χ1v) is 7.99. The van der Waals surface area contributed by atoms with Gasteiger partial charge in [-0.05, 0) is 54.4 Å². The minimum Gasteiger partial charge on any atom is -0.356 e. The van der Waals surface area contributed by atoms with Gasteiger partial charge in [-0.2, -0.15) is 0 Å². The Labute approximate surface area is 138 Å². The molecule has 1 aromatic heterocycles. The van der Waals surface area contributed by atoms with Crippen molar-refractivity contribution in [1.82, 2.24) is 9.97 Å². The van der Waals surface area contributed by atoms with Crippen LogP contribution < -0.4 is 10.2 Å². The highest BCUT2D eigenvalue weighted by atomic mass is 79.9. The lowest BCUT2D eigenvalue weighted by Crippen LogP contribution is -2.23. The van der Waals surface area contributed by atoms with Crippen LogP contribution >= 0.6 is 15.9 Å². The minimum atomic E-state index is -0.275. The molecule has 0 unspecified atom stereocenters. The first-order valence-electron chi connectivity index (χ1n) is 7.19. The van der Waals surface area contributed by atoms with Crippen molar-refractivity contribution in [3.63, 3.8) is 0 Å². The van der Waals surface area contributed by atoms with Gasteiger partial charge in [0.05, 0.1) is 18.1 Å². The van der Waals surface area contributed by atoms with Gasteiger partial charge in [0.25, 0.3) is 5.91 Å². The highest BCUT2D eigenvalue weighted by Gasteiger charge is 2.11. The van der Waals surface area contributed by atoms with E-state index in [1.165, 1.54) is 6.20 Å². The molecule has 0 saturated carbocycles. The number of amides is 1. The van der Waals surface area contributed by atoms with Crippen LogP contribution in [0.3, 0.4) is 0 Å². The van der Waals surface area contributed by atoms with Crippen molar-refractivity contribution in [2.75, 3.05) is 23.3 Å². The van der Waals surface area contributed by atoms with Gasteiger partial charge in [0.15, 0.2) is 0 Å². The van der Waals surface area contributed by atoms with Crippen LogP contribution in [-0.2, 0) is 0 Å². The summed E-state index contributed by atoms with van der Waals surface area (Å²) < 4.78 is 0.841. The van der Waals surface area contributed by atoms with Crippen LogP contribution in [0, 0.1) is 6.92 Å². The number of benzene rings is 1. The quantitative estimate of drug-likeness (QED) is 0.881. The molecule has 22 heavy (non-hydrogen) atoms. The number of hydrogen-bond acceptors (Lipinski definition) is 4. The first-order chi connectivity index (χ1) is 10.5. The highest BCUT2D eigenvalue weighted by molar-refractivity contribution is 9.10. The molecule has 0 atom stereocenters. The van der Waals surface area contributed by atoms with E-state index in [2.05, 4.69) is 50.0 Å². The van der Waals surface area contributed by atoms with E-state index in [9.17, 15) is 4.79 Å². The van der Waals surface area contributed by atoms with Crippen molar-refractivity contribution in [3.05, 3.63) is 46.3 Å². The van der Waals surface area contributed by atoms with Gasteiger partial charge in [-0.15, -0.1) is 0 Å². The average Bonchev–Trinajstić information content (AvgIpc) is 2.52. The molecule has 1 heterocycles. The summed E-state index contributed by atoms with van der Waals surface area (Å²) in [6.45, 7) is 7.81. The molecule has 0 aliphatic heterocycles. The van der Waals surface area contributed by atoms with Crippen LogP contribution in [0.15, 0.2) is 35.1 Å². The fourth-order valence-corrected chi connectivity index (χ4v) is 2.65. The number of nitrogens with zero attached hydrogens (tertiary/aromatic N) is 3. The molecule has 0 fully saturated rings. The van der Waals surface area contributed by atoms with Gasteiger partial charge in [-0.25, -0.2) is 9.97 Å². The highest BCUT2D eigenvalue weighted by Crippen LogP contribution is 2.23. The number of anilines is 2. The summed E-state index contributed by atoms with van der Waals surface area (Å²) in [5.74, 6) is 0.501. The molecule has 0 aliphatic rings. The lowest BCUT2D eigenvalue weighted by molar-refractivity contribution is 0.102. The van der Waals surface area contributed by atoms with E-state index < -0.39 is 0 Å². The Morgan fingerprint density at radius 3 is 2.50 bits per heavy atom. The Morgan fingerprint density at radius 2 is 1.95 bits per heavy atom. The van der Waals surface area contributed by atoms with Crippen molar-refractivity contribution in [2.45, 2.75) is 20.8 Å². The Kier molecular flexibility index (Phi) is 5.49. The maximum absolute atomic E-state index is 12.2. The van der Waals surface area contributed by atoms with Gasteiger partial charge in [-0.3, -0.25) is 4.79 Å². The molecule has 6 heteroatoms. The van der Waals surface area contributed by atoms with Crippen molar-refractivity contribution in [2.24, 2.45) is 0 Å². The molecule has 0 spiro atoms. The molecular formula is C16H19BrN4O. The van der Waals surface area contributed by atoms with Crippen LogP contribution in [0.1, 0.15) is 29.9 Å². The molecule has 1 aromatic carbocycles. The van der Waals surface area contributed by atoms with Crippen LogP contribution in [0.4, 0.5) is 11.5 Å². The molecule has 0 aliphatic carbocycles. The predicted octanol–water partition coefficient (Wildman–Crippen LogP) is 3.65. The number of rotatable bonds is 5. The standard InChI is InChI=1S/C16H19BrN4O/c1-4-21(5-2)15-10-18-14(9-19-15)16(22)20-13-7-6-11(3)8-12(13)17/h6-10H,4-5H2,1-3H3,(H,20,22). The monoisotopic (exact) mass is 362 g/mol. The number of halogens is 1. The van der Waals surface area contributed by atoms with Crippen molar-refractivity contribution >= 4 is 33.3 Å². The smallest absolute Gasteiger partial charge is 0.275 e. The summed E-state index contributed by atoms with van der Waals surface area (Å²) in [6, 6.07) is 5.75. The molecule has 0 radical (unpaired) electrons. The lowest BCUT2D eigenvalue weighted by atomic mass is 10.2. The van der Waals surface area contributed by atoms with Crippen molar-refractivity contribution < 1.29 is 4.79 Å². The van der Waals surface area contributed by atoms with E-state index in [1.807, 2.05) is 25.1 Å². The number of aromatic nitrogens is 2. The SMILES string of the molecule is CCN(CC)c1cnc(C(=O)Nc2ccc(C)cc2Br)cn1. The van der Waals surface area contributed by atoms with Gasteiger partial charge < -0.3 is 10.2 Å². The average molecular weight is 363 g/mol. The number of carbonyl (C=O) groups is 1. The van der Waals surface area contributed by atoms with Gasteiger partial charge in [-0.1, -0.05) is 6.07 Å². The van der Waals surface area contributed by atoms with E-state index in [1.54, 1.807) is 6.20 Å². The number of hydrogen-bond donors (Lipinski definition) is 1. The largest absolute Gasteiger partial charge is 0.356 e. The maximum atomic E-state index is 12.2. The Morgan fingerprint density at radius 1 is 1.23 bits per heavy atom. The Bertz CT molecular complexity index is 654. The van der Waals surface area contributed by atoms with Crippen molar-refractivity contribution in [1.29, 1.82) is 0 Å². The fourth-order valence-electron chi connectivity index (χ4n) is 2.06. The Hall–Kier alpha value is -1.95. The molecule has 5 nitrogen and oxygen atoms in total. The topological polar surface area (TPSA) is 58.1 Å². The molecule has 1 N–H and O–H groups in total. The molecule has 2 rings (SSSR count). The second kappa shape index (κ2) is 7.35. The van der Waals surface area contributed by atoms with Crippen LogP contribution in [0.2, 0.25) is 0 Å². The lowest BCUT2D eigenvalue weighted by Gasteiger charge is -2.19. The van der Waals surface area contributed by atoms with Gasteiger partial charge in [0, 0.05) is 17.6 Å². The molecule has 0 saturated heterocycles. The summed E-state index contributed by atoms with van der Waals surface area (Å²) in [7, 11) is 0. The van der Waals surface area contributed by atoms with E-state index in [-0.39, 0.29) is 5.91 Å². The zero-order valence-corrected chi connectivity index (χ0v) is 14.5. The second-order valence-electron chi connectivity index (χ2n) is 4.87. The fraction of sp³-hybridized carbons (Fsp3) is 0.312. The molecule has 0 bridgehead atoms. The second-order valence-corrected chi connectivity index (χ2v) is 5.72. The predicted molar refractivity (Wildman–Crippen MR) is 92.4 cm³/mol. The van der Waals surface area contributed by atoms with E-state index in [0.29, 0.717) is 11.4 Å². The molecule has 116 valence electrons. The summed E-state index contributed by atoms with van der Waals surface area (Å²) in [5, 5.41) is 2.83. The summed E-state index contributed by atoms with van der Waals surface area (Å²) >= 11 is 3.44. The number of nitrogens with one attached hydrogen (secondary N) is 1. The van der Waals surface area contributed by atoms with E-state index in [4.69, 9.17) is 0 Å². The molecule has 2 aromatic rings. The summed E-state index contributed by atoms with van der Waals surface area (Å²) in [6.07, 6.45) is 3.14. The van der Waals surface area contributed by atoms with Crippen LogP contribution in [0.25, 0.3) is 0 Å². The van der Waals surface area contributed by atoms with Crippen LogP contribution in [-0.4, -0.2) is 29.0 Å². The minimum absolute atomic E-state index is 0.275. The van der Waals surface area contributed by atoms with Crippen molar-refractivity contribution in [3.8, 4) is 0 Å². The van der Waals surface area contributed by atoms with E-state index in [0.717, 1.165) is 28.9 Å². The molecule has 1 amide bonds. The third-order valence-corrected chi connectivity index (χ3v) is 3.99. The third-order valence-electron chi connectivity index (χ3n) is 3.33. The summed E-state index contributed by atoms with van der Waals surface area (Å²) in [5.41, 5.74) is 2.13. The maximum Gasteiger partial charge on any atom is 0.275 e.